The minimum atomic E-state index is -5.42. The molecule has 0 bridgehead atoms. The van der Waals surface area contributed by atoms with E-state index in [-0.39, 0.29) is 44.6 Å². The molecular weight excluding hydrogens is 978 g/mol. The van der Waals surface area contributed by atoms with Crippen LogP contribution in [0.3, 0.4) is 0 Å². The molecule has 2 aromatic rings. The molecule has 23 heteroatoms. The number of pyridine rings is 1. The van der Waals surface area contributed by atoms with E-state index >= 15 is 0 Å². The van der Waals surface area contributed by atoms with Gasteiger partial charge in [-0.15, -0.1) is 0 Å². The number of carbonyl (C=O) groups excluding carboxylic acids is 7. The molecule has 7 amide bonds. The van der Waals surface area contributed by atoms with Gasteiger partial charge in [0.25, 0.3) is 5.92 Å². The summed E-state index contributed by atoms with van der Waals surface area (Å²) in [6.45, 7) is 5.78. The molecule has 0 unspecified atom stereocenters. The molecule has 396 valence electrons. The number of methoxy groups -OCH3 is 1. The zero-order chi connectivity index (χ0) is 53.2. The molecule has 6 atom stereocenters. The van der Waals surface area contributed by atoms with Crippen molar-refractivity contribution in [2.45, 2.75) is 146 Å². The second-order valence-electron chi connectivity index (χ2n) is 20.5. The highest BCUT2D eigenvalue weighted by molar-refractivity contribution is 6.30. The van der Waals surface area contributed by atoms with Crippen LogP contribution in [0.4, 0.5) is 26.3 Å². The second kappa shape index (κ2) is 21.8. The number of carbonyl (C=O) groups is 7. The van der Waals surface area contributed by atoms with Crippen LogP contribution in [-0.4, -0.2) is 149 Å². The Hall–Kier alpha value is -5.67. The molecule has 16 nitrogen and oxygen atoms in total. The Morgan fingerprint density at radius 3 is 2.28 bits per heavy atom. The first-order valence-corrected chi connectivity index (χ1v) is 24.4. The maximum absolute atomic E-state index is 14.9. The van der Waals surface area contributed by atoms with Gasteiger partial charge in [0.15, 0.2) is 5.41 Å². The average Bonchev–Trinajstić information content (AvgIpc) is 4.07. The Balaban J connectivity index is 1.28. The van der Waals surface area contributed by atoms with Crippen molar-refractivity contribution in [2.24, 2.45) is 17.3 Å². The number of hydrogen-bond acceptors (Lipinski definition) is 9. The Morgan fingerprint density at radius 2 is 1.69 bits per heavy atom. The van der Waals surface area contributed by atoms with E-state index in [1.54, 1.807) is 36.5 Å². The van der Waals surface area contributed by atoms with Crippen LogP contribution in [0.25, 0.3) is 11.1 Å². The third-order valence-electron chi connectivity index (χ3n) is 14.0. The number of rotatable bonds is 12. The monoisotopic (exact) mass is 1040 g/mol. The molecule has 4 fully saturated rings. The minimum absolute atomic E-state index is 0.0210. The molecule has 1 aromatic carbocycles. The lowest BCUT2D eigenvalue weighted by Gasteiger charge is -2.48. The van der Waals surface area contributed by atoms with Crippen LogP contribution in [0.2, 0.25) is 5.02 Å². The number of halogens is 7. The number of aromatic nitrogens is 1. The van der Waals surface area contributed by atoms with Gasteiger partial charge in [-0.25, -0.2) is 18.2 Å². The third-order valence-corrected chi connectivity index (χ3v) is 14.3. The van der Waals surface area contributed by atoms with E-state index in [9.17, 15) is 59.9 Å². The molecular formula is C49H63ClF6N8O8. The third kappa shape index (κ3) is 12.4. The van der Waals surface area contributed by atoms with Crippen LogP contribution in [-0.2, 0) is 40.0 Å². The Morgan fingerprint density at radius 1 is 1.01 bits per heavy atom. The van der Waals surface area contributed by atoms with Crippen molar-refractivity contribution in [3.05, 3.63) is 47.1 Å². The number of amides is 7. The van der Waals surface area contributed by atoms with Crippen molar-refractivity contribution >= 4 is 53.0 Å². The van der Waals surface area contributed by atoms with E-state index in [0.717, 1.165) is 4.90 Å². The van der Waals surface area contributed by atoms with Crippen molar-refractivity contribution in [1.29, 1.82) is 0 Å². The number of nitrogens with zero attached hydrogens (tertiary/aromatic N) is 4. The second-order valence-corrected chi connectivity index (χ2v) is 20.9. The predicted octanol–water partition coefficient (Wildman–Crippen LogP) is 5.14. The fraction of sp³-hybridized carbons (Fsp3) is 0.633. The molecule has 4 N–H and O–H groups in total. The zero-order valence-corrected chi connectivity index (χ0v) is 42.0. The van der Waals surface area contributed by atoms with Crippen LogP contribution >= 0.6 is 11.6 Å². The van der Waals surface area contributed by atoms with Gasteiger partial charge in [-0.05, 0) is 93.5 Å². The smallest absolute Gasteiger partial charge is 0.403 e. The largest absolute Gasteiger partial charge is 0.481 e. The van der Waals surface area contributed by atoms with Crippen molar-refractivity contribution in [3.63, 3.8) is 0 Å². The lowest BCUT2D eigenvalue weighted by Crippen LogP contribution is -2.65. The molecule has 1 aromatic heterocycles. The molecule has 6 rings (SSSR count). The summed E-state index contributed by atoms with van der Waals surface area (Å²) in [5.41, 5.74) is -3.20. The lowest BCUT2D eigenvalue weighted by molar-refractivity contribution is -0.299. The molecule has 2 aliphatic carbocycles. The van der Waals surface area contributed by atoms with E-state index in [2.05, 4.69) is 26.3 Å². The molecule has 72 heavy (non-hydrogen) atoms. The summed E-state index contributed by atoms with van der Waals surface area (Å²) >= 11 is 6.51. The van der Waals surface area contributed by atoms with Gasteiger partial charge in [0.1, 0.15) is 41.9 Å². The van der Waals surface area contributed by atoms with Crippen LogP contribution in [0, 0.1) is 17.3 Å². The van der Waals surface area contributed by atoms with Crippen LogP contribution in [0.15, 0.2) is 36.5 Å². The molecule has 0 spiro atoms. The van der Waals surface area contributed by atoms with E-state index < -0.39 is 133 Å². The molecule has 0 radical (unpaired) electrons. The summed E-state index contributed by atoms with van der Waals surface area (Å²) in [4.78, 5) is 106. The average molecular weight is 1040 g/mol. The Kier molecular flexibility index (Phi) is 16.9. The SMILES string of the molecule is COc1ccc(-c2ccc(Cl)cc2C[C@H]2C(=O)NC(C)(C)C(=O)NCCCC[C@H](N(C)C(=O)[C@@H](NC(=O)[C@@H]3C[C@@H](F)CN3C(=O)C3(C(F)(F)F)CC(F)(F)C3)C3CC3)C(=O)N[C@@H](CC(C)C)C(=O)N2C)cn1. The molecule has 4 aliphatic rings. The molecule has 3 heterocycles. The normalized spacial score (nSPS) is 25.4. The fourth-order valence-electron chi connectivity index (χ4n) is 9.75. The van der Waals surface area contributed by atoms with Crippen molar-refractivity contribution in [2.75, 3.05) is 34.3 Å². The maximum Gasteiger partial charge on any atom is 0.403 e. The van der Waals surface area contributed by atoms with Crippen molar-refractivity contribution in [3.8, 4) is 17.0 Å². The minimum Gasteiger partial charge on any atom is -0.481 e. The topological polar surface area (TPSA) is 199 Å². The van der Waals surface area contributed by atoms with E-state index in [1.807, 2.05) is 13.8 Å². The number of benzene rings is 1. The van der Waals surface area contributed by atoms with Gasteiger partial charge in [-0.3, -0.25) is 33.6 Å². The summed E-state index contributed by atoms with van der Waals surface area (Å²) in [5.74, 6) is -10.7. The standard InChI is InChI=1S/C49H63ClF6N8O8/c1-26(2)18-33-42(68)63(6)35(20-29-19-30(50)14-15-32(29)28-13-16-37(72-7)58-22-28)41(67)61-46(3,4)44(70)57-17-9-8-10-34(39(65)59-33)62(5)43(69)38(27-11-12-27)60-40(66)36-21-31(51)23-64(36)45(71)47(49(54,55)56)24-48(52,53)25-47/h13-16,19,22,26-27,31,33-36,38H,8-12,17-18,20-21,23-25H2,1-7H3,(H,57,70)(H,59,65)(H,60,66)(H,61,67)/t31-,33+,34+,35+,36+,38+/m1/s1. The van der Waals surface area contributed by atoms with Gasteiger partial charge in [0, 0.05) is 69.2 Å². The number of hydrogen-bond donors (Lipinski definition) is 4. The van der Waals surface area contributed by atoms with Crippen molar-refractivity contribution in [1.82, 2.24) is 41.0 Å². The maximum atomic E-state index is 14.9. The van der Waals surface area contributed by atoms with E-state index in [1.165, 1.54) is 40.0 Å². The molecule has 2 aliphatic heterocycles. The van der Waals surface area contributed by atoms with Gasteiger partial charge >= 0.3 is 6.18 Å². The quantitative estimate of drug-likeness (QED) is 0.208. The number of nitrogens with one attached hydrogen (secondary N) is 4. The summed E-state index contributed by atoms with van der Waals surface area (Å²) in [6, 6.07) is 1.31. The van der Waals surface area contributed by atoms with Gasteiger partial charge in [-0.1, -0.05) is 31.5 Å². The Bertz CT molecular complexity index is 2380. The fourth-order valence-corrected chi connectivity index (χ4v) is 9.95. The van der Waals surface area contributed by atoms with Crippen LogP contribution in [0.1, 0.15) is 91.0 Å². The summed E-state index contributed by atoms with van der Waals surface area (Å²) in [6.07, 6.45) is -9.02. The number of likely N-dealkylation sites (N-methyl/N-ethyl adjacent to an activating group) is 2. The summed E-state index contributed by atoms with van der Waals surface area (Å²) in [5, 5.41) is 11.3. The van der Waals surface area contributed by atoms with E-state index in [4.69, 9.17) is 16.3 Å². The van der Waals surface area contributed by atoms with Gasteiger partial charge in [0.05, 0.1) is 13.7 Å². The molecule has 2 saturated heterocycles. The van der Waals surface area contributed by atoms with Gasteiger partial charge in [-0.2, -0.15) is 13.2 Å². The first-order chi connectivity index (χ1) is 33.6. The first kappa shape index (κ1) is 55.6. The number of ether oxygens (including phenoxy) is 1. The highest BCUT2D eigenvalue weighted by atomic mass is 35.5. The van der Waals surface area contributed by atoms with Gasteiger partial charge < -0.3 is 40.7 Å². The lowest BCUT2D eigenvalue weighted by atomic mass is 9.64. The van der Waals surface area contributed by atoms with Crippen molar-refractivity contribution < 1.29 is 64.6 Å². The Labute approximate surface area is 419 Å². The van der Waals surface area contributed by atoms with Crippen LogP contribution < -0.4 is 26.0 Å². The highest BCUT2D eigenvalue weighted by Gasteiger charge is 2.75. The zero-order valence-electron chi connectivity index (χ0n) is 41.3. The number of alkyl halides is 6. The highest BCUT2D eigenvalue weighted by Crippen LogP contribution is 2.61. The van der Waals surface area contributed by atoms with E-state index in [0.29, 0.717) is 45.3 Å². The predicted molar refractivity (Wildman–Crippen MR) is 251 cm³/mol. The number of likely N-dealkylation sites (tertiary alicyclic amines) is 1. The summed E-state index contributed by atoms with van der Waals surface area (Å²) < 4.78 is 90.8. The summed E-state index contributed by atoms with van der Waals surface area (Å²) in [7, 11) is 4.17. The van der Waals surface area contributed by atoms with Crippen LogP contribution in [0.5, 0.6) is 5.88 Å². The first-order valence-electron chi connectivity index (χ1n) is 24.0. The molecule has 2 saturated carbocycles. The van der Waals surface area contributed by atoms with Gasteiger partial charge in [0.2, 0.25) is 47.2 Å².